The van der Waals surface area contributed by atoms with Crippen LogP contribution in [0.2, 0.25) is 0 Å². The minimum Gasteiger partial charge on any atom is -0.396 e. The molecule has 11 heavy (non-hydrogen) atoms. The molecule has 0 amide bonds. The quantitative estimate of drug-likeness (QED) is 0.669. The van der Waals surface area contributed by atoms with Gasteiger partial charge in [0.05, 0.1) is 0 Å². The van der Waals surface area contributed by atoms with Gasteiger partial charge in [0.1, 0.15) is 0 Å². The largest absolute Gasteiger partial charge is 0.396 e. The molecular weight excluding hydrogens is 136 g/mol. The summed E-state index contributed by atoms with van der Waals surface area (Å²) in [6.45, 7) is 11.2. The van der Waals surface area contributed by atoms with Crippen LogP contribution in [0.15, 0.2) is 0 Å². The molecule has 0 unspecified atom stereocenters. The summed E-state index contributed by atoms with van der Waals surface area (Å²) in [5, 5.41) is 8.99. The van der Waals surface area contributed by atoms with Crippen LogP contribution in [0.1, 0.15) is 47.5 Å². The monoisotopic (exact) mass is 158 g/mol. The Labute approximate surface area is 70.8 Å². The molecule has 0 aliphatic carbocycles. The SMILES string of the molecule is CC(C)(C)CCC(C)(C)CO. The van der Waals surface area contributed by atoms with Crippen LogP contribution in [-0.4, -0.2) is 11.7 Å². The molecule has 0 aromatic heterocycles. The first-order valence-electron chi connectivity index (χ1n) is 4.38. The van der Waals surface area contributed by atoms with Gasteiger partial charge in [-0.2, -0.15) is 0 Å². The van der Waals surface area contributed by atoms with Crippen molar-refractivity contribution in [2.75, 3.05) is 6.61 Å². The lowest BCUT2D eigenvalue weighted by atomic mass is 9.81. The van der Waals surface area contributed by atoms with Gasteiger partial charge >= 0.3 is 0 Å². The van der Waals surface area contributed by atoms with E-state index in [4.69, 9.17) is 5.11 Å². The summed E-state index contributed by atoms with van der Waals surface area (Å²) in [6.07, 6.45) is 2.29. The molecule has 0 saturated heterocycles. The van der Waals surface area contributed by atoms with Gasteiger partial charge in [0, 0.05) is 6.61 Å². The number of hydrogen-bond acceptors (Lipinski definition) is 1. The highest BCUT2D eigenvalue weighted by molar-refractivity contribution is 4.71. The molecule has 1 nitrogen and oxygen atoms in total. The topological polar surface area (TPSA) is 20.2 Å². The number of rotatable bonds is 3. The van der Waals surface area contributed by atoms with E-state index in [0.717, 1.165) is 6.42 Å². The maximum Gasteiger partial charge on any atom is 0.0482 e. The maximum atomic E-state index is 8.99. The van der Waals surface area contributed by atoms with Crippen molar-refractivity contribution < 1.29 is 5.11 Å². The van der Waals surface area contributed by atoms with Crippen LogP contribution < -0.4 is 0 Å². The third-order valence-electron chi connectivity index (χ3n) is 1.98. The van der Waals surface area contributed by atoms with Crippen molar-refractivity contribution in [1.82, 2.24) is 0 Å². The molecule has 0 bridgehead atoms. The standard InChI is InChI=1S/C10H22O/c1-9(2,3)6-7-10(4,5)8-11/h11H,6-8H2,1-5H3. The predicted molar refractivity (Wildman–Crippen MR) is 49.6 cm³/mol. The zero-order valence-corrected chi connectivity index (χ0v) is 8.57. The van der Waals surface area contributed by atoms with Crippen LogP contribution >= 0.6 is 0 Å². The Balaban J connectivity index is 3.70. The van der Waals surface area contributed by atoms with Crippen LogP contribution in [0, 0.1) is 10.8 Å². The van der Waals surface area contributed by atoms with Gasteiger partial charge in [0.15, 0.2) is 0 Å². The van der Waals surface area contributed by atoms with Crippen molar-refractivity contribution in [3.05, 3.63) is 0 Å². The Kier molecular flexibility index (Phi) is 3.56. The minimum atomic E-state index is 0.104. The molecule has 1 heteroatoms. The van der Waals surface area contributed by atoms with Gasteiger partial charge in [-0.15, -0.1) is 0 Å². The summed E-state index contributed by atoms with van der Waals surface area (Å²) < 4.78 is 0. The van der Waals surface area contributed by atoms with Gasteiger partial charge in [-0.05, 0) is 23.7 Å². The van der Waals surface area contributed by atoms with E-state index in [1.807, 2.05) is 0 Å². The molecule has 1 N–H and O–H groups in total. The normalized spacial score (nSPS) is 13.6. The Hall–Kier alpha value is -0.0400. The van der Waals surface area contributed by atoms with Gasteiger partial charge in [-0.25, -0.2) is 0 Å². The molecule has 0 saturated carbocycles. The molecule has 0 spiro atoms. The maximum absolute atomic E-state index is 8.99. The zero-order valence-electron chi connectivity index (χ0n) is 8.57. The first-order chi connectivity index (χ1) is 4.77. The average molecular weight is 158 g/mol. The highest BCUT2D eigenvalue weighted by Gasteiger charge is 2.20. The number of aliphatic hydroxyl groups excluding tert-OH is 1. The van der Waals surface area contributed by atoms with Crippen LogP contribution in [0.5, 0.6) is 0 Å². The molecule has 68 valence electrons. The molecular formula is C10H22O. The average Bonchev–Trinajstić information content (AvgIpc) is 1.83. The summed E-state index contributed by atoms with van der Waals surface area (Å²) in [5.41, 5.74) is 0.500. The smallest absolute Gasteiger partial charge is 0.0482 e. The van der Waals surface area contributed by atoms with E-state index in [1.165, 1.54) is 6.42 Å². The number of hydrogen-bond donors (Lipinski definition) is 1. The van der Waals surface area contributed by atoms with Crippen LogP contribution in [-0.2, 0) is 0 Å². The zero-order chi connectivity index (χ0) is 9.12. The summed E-state index contributed by atoms with van der Waals surface area (Å²) in [6, 6.07) is 0. The lowest BCUT2D eigenvalue weighted by Crippen LogP contribution is -2.19. The van der Waals surface area contributed by atoms with Gasteiger partial charge < -0.3 is 5.11 Å². The Bertz CT molecular complexity index is 109. The van der Waals surface area contributed by atoms with E-state index in [1.54, 1.807) is 0 Å². The summed E-state index contributed by atoms with van der Waals surface area (Å²) in [4.78, 5) is 0. The van der Waals surface area contributed by atoms with Crippen molar-refractivity contribution in [3.8, 4) is 0 Å². The summed E-state index contributed by atoms with van der Waals surface area (Å²) >= 11 is 0. The van der Waals surface area contributed by atoms with Crippen LogP contribution in [0.3, 0.4) is 0 Å². The van der Waals surface area contributed by atoms with Gasteiger partial charge in [-0.1, -0.05) is 34.6 Å². The van der Waals surface area contributed by atoms with Gasteiger partial charge in [-0.3, -0.25) is 0 Å². The molecule has 0 aliphatic heterocycles. The van der Waals surface area contributed by atoms with E-state index >= 15 is 0 Å². The Morgan fingerprint density at radius 3 is 1.64 bits per heavy atom. The van der Waals surface area contributed by atoms with E-state index in [2.05, 4.69) is 34.6 Å². The van der Waals surface area contributed by atoms with E-state index in [9.17, 15) is 0 Å². The highest BCUT2D eigenvalue weighted by Crippen LogP contribution is 2.29. The second-order valence-corrected chi connectivity index (χ2v) is 5.38. The Morgan fingerprint density at radius 1 is 0.909 bits per heavy atom. The fourth-order valence-corrected chi connectivity index (χ4v) is 0.792. The fraction of sp³-hybridized carbons (Fsp3) is 1.00. The van der Waals surface area contributed by atoms with Crippen LogP contribution in [0.25, 0.3) is 0 Å². The Morgan fingerprint density at radius 2 is 1.36 bits per heavy atom. The molecule has 0 atom stereocenters. The molecule has 0 fully saturated rings. The van der Waals surface area contributed by atoms with E-state index in [-0.39, 0.29) is 5.41 Å². The van der Waals surface area contributed by atoms with Gasteiger partial charge in [0.25, 0.3) is 0 Å². The lowest BCUT2D eigenvalue weighted by molar-refractivity contribution is 0.134. The van der Waals surface area contributed by atoms with Crippen molar-refractivity contribution in [2.45, 2.75) is 47.5 Å². The second-order valence-electron chi connectivity index (χ2n) is 5.38. The van der Waals surface area contributed by atoms with Gasteiger partial charge in [0.2, 0.25) is 0 Å². The molecule has 0 aromatic rings. The molecule has 0 aromatic carbocycles. The molecule has 0 radical (unpaired) electrons. The van der Waals surface area contributed by atoms with Crippen molar-refractivity contribution in [2.24, 2.45) is 10.8 Å². The van der Waals surface area contributed by atoms with Crippen molar-refractivity contribution in [1.29, 1.82) is 0 Å². The van der Waals surface area contributed by atoms with Crippen molar-refractivity contribution in [3.63, 3.8) is 0 Å². The third kappa shape index (κ3) is 6.36. The van der Waals surface area contributed by atoms with E-state index in [0.29, 0.717) is 12.0 Å². The number of aliphatic hydroxyl groups is 1. The second kappa shape index (κ2) is 3.57. The molecule has 0 heterocycles. The first kappa shape index (κ1) is 11.0. The van der Waals surface area contributed by atoms with Crippen LogP contribution in [0.4, 0.5) is 0 Å². The fourth-order valence-electron chi connectivity index (χ4n) is 0.792. The third-order valence-corrected chi connectivity index (χ3v) is 1.98. The molecule has 0 rings (SSSR count). The summed E-state index contributed by atoms with van der Waals surface area (Å²) in [5.74, 6) is 0. The minimum absolute atomic E-state index is 0.104. The first-order valence-corrected chi connectivity index (χ1v) is 4.38. The highest BCUT2D eigenvalue weighted by atomic mass is 16.3. The van der Waals surface area contributed by atoms with E-state index < -0.39 is 0 Å². The molecule has 0 aliphatic rings. The lowest BCUT2D eigenvalue weighted by Gasteiger charge is -2.26. The van der Waals surface area contributed by atoms with Crippen molar-refractivity contribution >= 4 is 0 Å². The summed E-state index contributed by atoms with van der Waals surface area (Å²) in [7, 11) is 0. The predicted octanol–water partition coefficient (Wildman–Crippen LogP) is 2.83.